The minimum atomic E-state index is -0.609. The number of halogens is 2. The van der Waals surface area contributed by atoms with Gasteiger partial charge in [0.25, 0.3) is 5.91 Å². The number of aryl methyl sites for hydroxylation is 1. The van der Waals surface area contributed by atoms with Crippen molar-refractivity contribution in [2.24, 2.45) is 0 Å². The number of rotatable bonds is 11. The normalized spacial score (nSPS) is 13.9. The molecule has 1 aliphatic heterocycles. The number of ether oxygens (including phenoxy) is 2. The number of hydrogen-bond acceptors (Lipinski definition) is 7. The fourth-order valence-corrected chi connectivity index (χ4v) is 6.54. The van der Waals surface area contributed by atoms with Crippen LogP contribution in [0.1, 0.15) is 42.1 Å². The first kappa shape index (κ1) is 32.5. The van der Waals surface area contributed by atoms with Gasteiger partial charge < -0.3 is 20.1 Å². The Morgan fingerprint density at radius 2 is 1.77 bits per heavy atom. The number of hydrogen-bond donors (Lipinski definition) is 2. The highest BCUT2D eigenvalue weighted by atomic mass is 35.5. The quantitative estimate of drug-likeness (QED) is 0.134. The SMILES string of the molecule is CCOc1cc(C2C(C(=O)Nc3cccc(C)c3)=C(C)Nc3nc(SCc4ccccc4Cl)nn32)ccc1OCc1ccc(Cl)cc1. The van der Waals surface area contributed by atoms with E-state index in [1.54, 1.807) is 4.68 Å². The molecule has 0 bridgehead atoms. The molecule has 0 aliphatic carbocycles. The Hall–Kier alpha value is -4.44. The summed E-state index contributed by atoms with van der Waals surface area (Å²) in [7, 11) is 0. The maximum Gasteiger partial charge on any atom is 0.255 e. The van der Waals surface area contributed by atoms with Crippen molar-refractivity contribution in [3.63, 3.8) is 0 Å². The number of aromatic nitrogens is 3. The minimum Gasteiger partial charge on any atom is -0.490 e. The fourth-order valence-electron chi connectivity index (χ4n) is 5.30. The van der Waals surface area contributed by atoms with Crippen LogP contribution in [0, 0.1) is 6.92 Å². The van der Waals surface area contributed by atoms with Gasteiger partial charge in [-0.2, -0.15) is 4.98 Å². The van der Waals surface area contributed by atoms with Gasteiger partial charge in [-0.1, -0.05) is 83.5 Å². The number of benzene rings is 4. The van der Waals surface area contributed by atoms with Gasteiger partial charge in [0, 0.05) is 27.2 Å². The van der Waals surface area contributed by atoms with E-state index in [9.17, 15) is 4.79 Å². The van der Waals surface area contributed by atoms with Crippen LogP contribution in [0.5, 0.6) is 11.5 Å². The predicted octanol–water partition coefficient (Wildman–Crippen LogP) is 9.09. The standard InChI is InChI=1S/C36H33Cl2N5O3S/c1-4-45-31-19-25(14-17-30(31)46-20-24-12-15-27(37)16-13-24)33-32(34(44)40-28-10-7-8-22(2)18-28)23(3)39-35-41-36(42-43(33)35)47-21-26-9-5-6-11-29(26)38/h5-19,33H,4,20-21H2,1-3H3,(H,40,44)(H,39,41,42). The largest absolute Gasteiger partial charge is 0.490 e. The lowest BCUT2D eigenvalue weighted by atomic mass is 9.94. The molecule has 0 spiro atoms. The van der Waals surface area contributed by atoms with Crippen LogP contribution in [0.2, 0.25) is 10.0 Å². The van der Waals surface area contributed by atoms with Crippen molar-refractivity contribution in [3.05, 3.63) is 135 Å². The fraction of sp³-hybridized carbons (Fsp3) is 0.194. The summed E-state index contributed by atoms with van der Waals surface area (Å²) in [6.45, 7) is 6.55. The predicted molar refractivity (Wildman–Crippen MR) is 189 cm³/mol. The van der Waals surface area contributed by atoms with Gasteiger partial charge in [-0.05, 0) is 85.5 Å². The molecule has 47 heavy (non-hydrogen) atoms. The molecule has 6 rings (SSSR count). The molecule has 1 unspecified atom stereocenters. The van der Waals surface area contributed by atoms with Gasteiger partial charge in [-0.15, -0.1) is 5.10 Å². The second-order valence-electron chi connectivity index (χ2n) is 11.0. The molecule has 1 aliphatic rings. The molecule has 11 heteroatoms. The first-order valence-electron chi connectivity index (χ1n) is 15.1. The zero-order valence-corrected chi connectivity index (χ0v) is 28.4. The summed E-state index contributed by atoms with van der Waals surface area (Å²) in [6, 6.07) is 28.0. The number of anilines is 2. The molecule has 240 valence electrons. The zero-order valence-electron chi connectivity index (χ0n) is 26.1. The molecular formula is C36H33Cl2N5O3S. The van der Waals surface area contributed by atoms with Crippen molar-refractivity contribution in [2.45, 2.75) is 44.3 Å². The maximum absolute atomic E-state index is 14.0. The highest BCUT2D eigenvalue weighted by Crippen LogP contribution is 2.40. The highest BCUT2D eigenvalue weighted by Gasteiger charge is 2.35. The summed E-state index contributed by atoms with van der Waals surface area (Å²) in [6.07, 6.45) is 0. The number of thioether (sulfide) groups is 1. The molecule has 1 atom stereocenters. The van der Waals surface area contributed by atoms with Crippen molar-refractivity contribution in [1.82, 2.24) is 14.8 Å². The molecule has 2 N–H and O–H groups in total. The summed E-state index contributed by atoms with van der Waals surface area (Å²) in [5.74, 6) is 2.01. The highest BCUT2D eigenvalue weighted by molar-refractivity contribution is 7.98. The van der Waals surface area contributed by atoms with Gasteiger partial charge in [0.1, 0.15) is 12.6 Å². The van der Waals surface area contributed by atoms with Crippen LogP contribution in [0.3, 0.4) is 0 Å². The maximum atomic E-state index is 14.0. The van der Waals surface area contributed by atoms with E-state index < -0.39 is 6.04 Å². The van der Waals surface area contributed by atoms with E-state index in [4.69, 9.17) is 42.8 Å². The Bertz CT molecular complexity index is 1940. The Labute approximate surface area is 288 Å². The van der Waals surface area contributed by atoms with Gasteiger partial charge in [0.15, 0.2) is 11.5 Å². The van der Waals surface area contributed by atoms with Crippen LogP contribution in [-0.2, 0) is 17.2 Å². The first-order chi connectivity index (χ1) is 22.8. The molecule has 1 aromatic heterocycles. The summed E-state index contributed by atoms with van der Waals surface area (Å²) in [5, 5.41) is 13.2. The summed E-state index contributed by atoms with van der Waals surface area (Å²) in [4.78, 5) is 18.8. The van der Waals surface area contributed by atoms with E-state index in [1.165, 1.54) is 11.8 Å². The average molecular weight is 687 g/mol. The molecule has 5 aromatic rings. The Morgan fingerprint density at radius 1 is 0.957 bits per heavy atom. The lowest BCUT2D eigenvalue weighted by molar-refractivity contribution is -0.113. The van der Waals surface area contributed by atoms with E-state index in [1.807, 2.05) is 112 Å². The molecule has 1 amide bonds. The third kappa shape index (κ3) is 7.59. The van der Waals surface area contributed by atoms with Crippen molar-refractivity contribution >= 4 is 52.5 Å². The molecule has 0 saturated carbocycles. The number of nitrogens with one attached hydrogen (secondary N) is 2. The number of nitrogens with zero attached hydrogens (tertiary/aromatic N) is 3. The van der Waals surface area contributed by atoms with Crippen LogP contribution >= 0.6 is 35.0 Å². The number of carbonyl (C=O) groups is 1. The van der Waals surface area contributed by atoms with Gasteiger partial charge in [-0.25, -0.2) is 4.68 Å². The Kier molecular flexibility index (Phi) is 10.1. The third-order valence-corrected chi connectivity index (χ3v) is 9.07. The lowest BCUT2D eigenvalue weighted by Gasteiger charge is -2.29. The summed E-state index contributed by atoms with van der Waals surface area (Å²) < 4.78 is 14.0. The molecule has 8 nitrogen and oxygen atoms in total. The number of fused-ring (bicyclic) bond motifs is 1. The summed E-state index contributed by atoms with van der Waals surface area (Å²) in [5.41, 5.74) is 5.67. The van der Waals surface area contributed by atoms with Crippen LogP contribution in [0.25, 0.3) is 0 Å². The molecule has 0 radical (unpaired) electrons. The van der Waals surface area contributed by atoms with E-state index in [2.05, 4.69) is 10.6 Å². The molecular weight excluding hydrogens is 653 g/mol. The third-order valence-electron chi connectivity index (χ3n) is 7.56. The first-order valence-corrected chi connectivity index (χ1v) is 16.9. The zero-order chi connectivity index (χ0) is 32.9. The van der Waals surface area contributed by atoms with E-state index in [0.717, 1.165) is 22.3 Å². The Balaban J connectivity index is 1.36. The van der Waals surface area contributed by atoms with Crippen LogP contribution in [0.4, 0.5) is 11.6 Å². The average Bonchev–Trinajstić information content (AvgIpc) is 3.46. The summed E-state index contributed by atoms with van der Waals surface area (Å²) >= 11 is 13.9. The van der Waals surface area contributed by atoms with Crippen LogP contribution < -0.4 is 20.1 Å². The van der Waals surface area contributed by atoms with Crippen molar-refractivity contribution in [2.75, 3.05) is 17.2 Å². The van der Waals surface area contributed by atoms with E-state index in [0.29, 0.717) is 68.6 Å². The van der Waals surface area contributed by atoms with Crippen LogP contribution in [-0.4, -0.2) is 27.3 Å². The van der Waals surface area contributed by atoms with E-state index in [-0.39, 0.29) is 5.91 Å². The molecule has 0 fully saturated rings. The van der Waals surface area contributed by atoms with E-state index >= 15 is 0 Å². The van der Waals surface area contributed by atoms with Crippen molar-refractivity contribution < 1.29 is 14.3 Å². The monoisotopic (exact) mass is 685 g/mol. The second kappa shape index (κ2) is 14.5. The lowest BCUT2D eigenvalue weighted by Crippen LogP contribution is -2.31. The minimum absolute atomic E-state index is 0.252. The smallest absolute Gasteiger partial charge is 0.255 e. The molecule has 4 aromatic carbocycles. The van der Waals surface area contributed by atoms with Gasteiger partial charge >= 0.3 is 0 Å². The topological polar surface area (TPSA) is 90.3 Å². The van der Waals surface area contributed by atoms with Gasteiger partial charge in [0.2, 0.25) is 11.1 Å². The second-order valence-corrected chi connectivity index (χ2v) is 12.8. The molecule has 2 heterocycles. The molecule has 0 saturated heterocycles. The van der Waals surface area contributed by atoms with Gasteiger partial charge in [0.05, 0.1) is 12.2 Å². The van der Waals surface area contributed by atoms with Crippen molar-refractivity contribution in [1.29, 1.82) is 0 Å². The number of allylic oxidation sites excluding steroid dienone is 1. The van der Waals surface area contributed by atoms with Gasteiger partial charge in [-0.3, -0.25) is 4.79 Å². The number of carbonyl (C=O) groups excluding carboxylic acids is 1. The Morgan fingerprint density at radius 3 is 2.53 bits per heavy atom. The van der Waals surface area contributed by atoms with Crippen LogP contribution in [0.15, 0.2) is 107 Å². The number of amides is 1. The van der Waals surface area contributed by atoms with Crippen molar-refractivity contribution in [3.8, 4) is 11.5 Å².